The topological polar surface area (TPSA) is 85.2 Å². The number of morpholine rings is 1. The average Bonchev–Trinajstić information content (AvgIpc) is 3.19. The third kappa shape index (κ3) is 4.51. The Labute approximate surface area is 189 Å². The van der Waals surface area contributed by atoms with E-state index in [1.807, 2.05) is 0 Å². The Morgan fingerprint density at radius 1 is 1.30 bits per heavy atom. The summed E-state index contributed by atoms with van der Waals surface area (Å²) < 4.78 is 40.7. The van der Waals surface area contributed by atoms with Gasteiger partial charge in [0.25, 0.3) is 5.91 Å². The van der Waals surface area contributed by atoms with Gasteiger partial charge in [0.15, 0.2) is 0 Å². The minimum atomic E-state index is -0.650. The summed E-state index contributed by atoms with van der Waals surface area (Å²) in [6.07, 6.45) is 1.21. The minimum absolute atomic E-state index is 0.188. The van der Waals surface area contributed by atoms with Gasteiger partial charge in [-0.2, -0.15) is 0 Å². The first-order valence-corrected chi connectivity index (χ1v) is 10.5. The lowest BCUT2D eigenvalue weighted by Gasteiger charge is -2.32. The summed E-state index contributed by atoms with van der Waals surface area (Å²) in [5.74, 6) is -1.01. The fraction of sp³-hybridized carbons (Fsp3) is 0.348. The van der Waals surface area contributed by atoms with Crippen LogP contribution in [-0.4, -0.2) is 66.2 Å². The molecule has 0 saturated carbocycles. The van der Waals surface area contributed by atoms with E-state index in [0.29, 0.717) is 48.7 Å². The summed E-state index contributed by atoms with van der Waals surface area (Å²) in [5.41, 5.74) is 2.33. The van der Waals surface area contributed by atoms with Gasteiger partial charge in [-0.3, -0.25) is 4.79 Å². The predicted octanol–water partition coefficient (Wildman–Crippen LogP) is 2.98. The van der Waals surface area contributed by atoms with Crippen LogP contribution in [0.4, 0.5) is 13.6 Å². The highest BCUT2D eigenvalue weighted by Crippen LogP contribution is 2.30. The number of halogens is 2. The molecule has 1 fully saturated rings. The Balaban J connectivity index is 1.76. The number of amides is 2. The van der Waals surface area contributed by atoms with Crippen LogP contribution in [-0.2, 0) is 22.6 Å². The van der Waals surface area contributed by atoms with E-state index in [0.717, 1.165) is 6.07 Å². The van der Waals surface area contributed by atoms with Crippen LogP contribution in [0.2, 0.25) is 0 Å². The number of carbonyl (C=O) groups excluding carboxylic acids is 2. The molecule has 1 aliphatic heterocycles. The van der Waals surface area contributed by atoms with Crippen LogP contribution in [0.15, 0.2) is 36.5 Å². The molecule has 0 unspecified atom stereocenters. The molecule has 1 atom stereocenters. The number of hydrogen-bond donors (Lipinski definition) is 1. The molecule has 3 aromatic rings. The van der Waals surface area contributed by atoms with Crippen LogP contribution in [0.3, 0.4) is 0 Å². The van der Waals surface area contributed by atoms with Gasteiger partial charge in [-0.1, -0.05) is 0 Å². The lowest BCUT2D eigenvalue weighted by Crippen LogP contribution is -2.46. The van der Waals surface area contributed by atoms with Crippen LogP contribution in [0, 0.1) is 5.82 Å². The lowest BCUT2D eigenvalue weighted by molar-refractivity contribution is -0.0241. The summed E-state index contributed by atoms with van der Waals surface area (Å²) in [7, 11) is 2.79. The van der Waals surface area contributed by atoms with E-state index < -0.39 is 24.5 Å². The minimum Gasteiger partial charge on any atom is -0.453 e. The van der Waals surface area contributed by atoms with Crippen molar-refractivity contribution in [2.45, 2.75) is 19.2 Å². The van der Waals surface area contributed by atoms with Gasteiger partial charge in [0.05, 0.1) is 37.8 Å². The van der Waals surface area contributed by atoms with Crippen LogP contribution >= 0.6 is 0 Å². The number of fused-ring (bicyclic) bond motifs is 1. The molecule has 0 bridgehead atoms. The van der Waals surface area contributed by atoms with E-state index in [-0.39, 0.29) is 17.2 Å². The van der Waals surface area contributed by atoms with E-state index in [4.69, 9.17) is 9.47 Å². The number of hydrogen-bond acceptors (Lipinski definition) is 5. The van der Waals surface area contributed by atoms with Crippen molar-refractivity contribution < 1.29 is 27.8 Å². The Morgan fingerprint density at radius 3 is 2.82 bits per heavy atom. The second-order valence-electron chi connectivity index (χ2n) is 7.69. The van der Waals surface area contributed by atoms with Crippen molar-refractivity contribution >= 4 is 17.6 Å². The van der Waals surface area contributed by atoms with E-state index in [2.05, 4.69) is 10.3 Å². The number of methoxy groups -OCH3 is 1. The molecule has 3 heterocycles. The third-order valence-corrected chi connectivity index (χ3v) is 5.65. The van der Waals surface area contributed by atoms with Crippen LogP contribution < -0.4 is 5.32 Å². The van der Waals surface area contributed by atoms with Gasteiger partial charge in [-0.15, -0.1) is 0 Å². The molecule has 2 amide bonds. The van der Waals surface area contributed by atoms with E-state index in [9.17, 15) is 14.0 Å². The number of aromatic nitrogens is 2. The van der Waals surface area contributed by atoms with Crippen molar-refractivity contribution in [3.05, 3.63) is 59.2 Å². The molecule has 10 heteroatoms. The summed E-state index contributed by atoms with van der Waals surface area (Å²) in [4.78, 5) is 30.0. The summed E-state index contributed by atoms with van der Waals surface area (Å²) >= 11 is 0. The number of alkyl halides is 1. The predicted molar refractivity (Wildman–Crippen MR) is 116 cm³/mol. The summed E-state index contributed by atoms with van der Waals surface area (Å²) in [6.45, 7) is 0.411. The van der Waals surface area contributed by atoms with Crippen LogP contribution in [0.5, 0.6) is 0 Å². The van der Waals surface area contributed by atoms with Gasteiger partial charge in [-0.25, -0.2) is 18.6 Å². The molecule has 0 spiro atoms. The third-order valence-electron chi connectivity index (χ3n) is 5.65. The van der Waals surface area contributed by atoms with E-state index in [1.54, 1.807) is 27.6 Å². The molecular formula is C23H24F2N4O4. The number of imidazole rings is 1. The molecule has 1 saturated heterocycles. The largest absolute Gasteiger partial charge is 0.453 e. The van der Waals surface area contributed by atoms with Gasteiger partial charge in [0, 0.05) is 37.3 Å². The van der Waals surface area contributed by atoms with Crippen molar-refractivity contribution in [3.8, 4) is 11.3 Å². The zero-order chi connectivity index (χ0) is 23.5. The van der Waals surface area contributed by atoms with Crippen LogP contribution in [0.25, 0.3) is 16.9 Å². The quantitative estimate of drug-likeness (QED) is 0.636. The molecule has 2 aromatic heterocycles. The first-order valence-electron chi connectivity index (χ1n) is 10.5. The number of rotatable bonds is 5. The van der Waals surface area contributed by atoms with Gasteiger partial charge in [0.1, 0.15) is 18.1 Å². The van der Waals surface area contributed by atoms with Crippen molar-refractivity contribution in [2.24, 2.45) is 0 Å². The Morgan fingerprint density at radius 2 is 2.12 bits per heavy atom. The molecular weight excluding hydrogens is 434 g/mol. The smallest absolute Gasteiger partial charge is 0.409 e. The molecule has 1 N–H and O–H groups in total. The highest BCUT2D eigenvalue weighted by Gasteiger charge is 2.28. The molecule has 174 valence electrons. The first kappa shape index (κ1) is 22.7. The number of ether oxygens (including phenoxy) is 2. The molecule has 0 radical (unpaired) electrons. The molecule has 4 rings (SSSR count). The molecule has 0 aliphatic carbocycles. The Bertz CT molecular complexity index is 1200. The van der Waals surface area contributed by atoms with E-state index >= 15 is 4.39 Å². The zero-order valence-electron chi connectivity index (χ0n) is 18.3. The van der Waals surface area contributed by atoms with Crippen molar-refractivity contribution in [1.29, 1.82) is 0 Å². The van der Waals surface area contributed by atoms with Crippen molar-refractivity contribution in [1.82, 2.24) is 19.6 Å². The lowest BCUT2D eigenvalue weighted by atomic mass is 10.0. The maximum Gasteiger partial charge on any atom is 0.409 e. The number of benzene rings is 1. The van der Waals surface area contributed by atoms with Gasteiger partial charge < -0.3 is 24.1 Å². The molecule has 1 aliphatic rings. The number of nitrogens with zero attached hydrogens (tertiary/aromatic N) is 3. The average molecular weight is 458 g/mol. The van der Waals surface area contributed by atoms with Crippen molar-refractivity contribution in [2.75, 3.05) is 33.9 Å². The molecule has 33 heavy (non-hydrogen) atoms. The normalized spacial score (nSPS) is 16.1. The standard InChI is InChI=1S/C23H24F2N4O4/c1-26-22(30)15-3-4-17(18(25)10-15)21-19(29-6-5-14(12-24)9-20(29)27-21)11-16-13-28(7-8-33-16)23(31)32-2/h3-6,9-10,16H,7-8,11-13H2,1-2H3,(H,26,30)/t16-/m0/s1. The highest BCUT2D eigenvalue weighted by molar-refractivity contribution is 5.94. The molecule has 1 aromatic carbocycles. The number of pyridine rings is 1. The second-order valence-corrected chi connectivity index (χ2v) is 7.69. The van der Waals surface area contributed by atoms with Gasteiger partial charge >= 0.3 is 6.09 Å². The van der Waals surface area contributed by atoms with Gasteiger partial charge in [-0.05, 0) is 35.9 Å². The monoisotopic (exact) mass is 458 g/mol. The fourth-order valence-corrected chi connectivity index (χ4v) is 3.98. The highest BCUT2D eigenvalue weighted by atomic mass is 19.1. The van der Waals surface area contributed by atoms with Gasteiger partial charge in [0.2, 0.25) is 0 Å². The number of nitrogens with one attached hydrogen (secondary N) is 1. The van der Waals surface area contributed by atoms with Crippen LogP contribution in [0.1, 0.15) is 21.6 Å². The summed E-state index contributed by atoms with van der Waals surface area (Å²) in [6, 6.07) is 7.42. The van der Waals surface area contributed by atoms with E-state index in [1.165, 1.54) is 26.3 Å². The summed E-state index contributed by atoms with van der Waals surface area (Å²) in [5, 5.41) is 2.47. The maximum atomic E-state index is 15.1. The second kappa shape index (κ2) is 9.53. The Kier molecular flexibility index (Phi) is 6.55. The number of carbonyl (C=O) groups is 2. The molecule has 8 nitrogen and oxygen atoms in total. The SMILES string of the molecule is CNC(=O)c1ccc(-c2nc3cc(CF)ccn3c2C[C@H]2CN(C(=O)OC)CCO2)c(F)c1. The maximum absolute atomic E-state index is 15.1. The first-order chi connectivity index (χ1) is 15.9. The Hall–Kier alpha value is -3.53. The zero-order valence-corrected chi connectivity index (χ0v) is 18.3. The van der Waals surface area contributed by atoms with Crippen molar-refractivity contribution in [3.63, 3.8) is 0 Å². The fourth-order valence-electron chi connectivity index (χ4n) is 3.98.